The van der Waals surface area contributed by atoms with Gasteiger partial charge in [-0.1, -0.05) is 13.8 Å². The maximum atomic E-state index is 12.9. The number of anilines is 2. The SMILES string of the molecule is CC(=O)Nc1cc(NC(C)=O)cc(C(=O)N2CC(C)CC(C)C2)c1. The van der Waals surface area contributed by atoms with E-state index in [1.165, 1.54) is 13.8 Å². The Morgan fingerprint density at radius 2 is 1.38 bits per heavy atom. The smallest absolute Gasteiger partial charge is 0.254 e. The number of hydrogen-bond donors (Lipinski definition) is 2. The van der Waals surface area contributed by atoms with Gasteiger partial charge in [-0.2, -0.15) is 0 Å². The molecule has 3 amide bonds. The molecule has 1 aromatic carbocycles. The highest BCUT2D eigenvalue weighted by atomic mass is 16.2. The van der Waals surface area contributed by atoms with Crippen molar-refractivity contribution in [1.82, 2.24) is 4.90 Å². The molecule has 6 nitrogen and oxygen atoms in total. The van der Waals surface area contributed by atoms with Crippen LogP contribution in [-0.2, 0) is 9.59 Å². The minimum Gasteiger partial charge on any atom is -0.338 e. The fraction of sp³-hybridized carbons (Fsp3) is 0.500. The molecule has 0 aliphatic carbocycles. The molecule has 6 heteroatoms. The normalized spacial score (nSPS) is 20.4. The molecule has 0 aromatic heterocycles. The van der Waals surface area contributed by atoms with E-state index in [0.29, 0.717) is 28.8 Å². The number of benzene rings is 1. The fourth-order valence-electron chi connectivity index (χ4n) is 3.31. The Labute approximate surface area is 142 Å². The summed E-state index contributed by atoms with van der Waals surface area (Å²) in [5.74, 6) is 0.395. The van der Waals surface area contributed by atoms with Crippen LogP contribution in [0.3, 0.4) is 0 Å². The molecule has 1 aliphatic heterocycles. The number of nitrogens with zero attached hydrogens (tertiary/aromatic N) is 1. The number of hydrogen-bond acceptors (Lipinski definition) is 3. The van der Waals surface area contributed by atoms with E-state index >= 15 is 0 Å². The van der Waals surface area contributed by atoms with Crippen LogP contribution in [0, 0.1) is 11.8 Å². The lowest BCUT2D eigenvalue weighted by Crippen LogP contribution is -2.42. The van der Waals surface area contributed by atoms with Gasteiger partial charge in [-0.25, -0.2) is 0 Å². The van der Waals surface area contributed by atoms with Gasteiger partial charge in [-0.05, 0) is 36.5 Å². The topological polar surface area (TPSA) is 78.5 Å². The number of carbonyl (C=O) groups excluding carboxylic acids is 3. The van der Waals surface area contributed by atoms with Crippen LogP contribution in [0.1, 0.15) is 44.5 Å². The predicted molar refractivity (Wildman–Crippen MR) is 93.9 cm³/mol. The maximum absolute atomic E-state index is 12.9. The molecule has 1 aromatic rings. The highest BCUT2D eigenvalue weighted by Gasteiger charge is 2.26. The molecule has 0 spiro atoms. The largest absolute Gasteiger partial charge is 0.338 e. The van der Waals surface area contributed by atoms with E-state index in [2.05, 4.69) is 24.5 Å². The molecule has 2 rings (SSSR count). The molecule has 1 fully saturated rings. The van der Waals surface area contributed by atoms with Crippen molar-refractivity contribution in [2.75, 3.05) is 23.7 Å². The van der Waals surface area contributed by atoms with Gasteiger partial charge in [0, 0.05) is 43.9 Å². The molecule has 1 saturated heterocycles. The molecule has 0 bridgehead atoms. The van der Waals surface area contributed by atoms with Crippen LogP contribution in [0.15, 0.2) is 18.2 Å². The Morgan fingerprint density at radius 1 is 0.917 bits per heavy atom. The summed E-state index contributed by atoms with van der Waals surface area (Å²) in [6.07, 6.45) is 1.12. The molecule has 2 atom stereocenters. The summed E-state index contributed by atoms with van der Waals surface area (Å²) in [6, 6.07) is 4.94. The van der Waals surface area contributed by atoms with Crippen LogP contribution in [0.2, 0.25) is 0 Å². The molecule has 0 radical (unpaired) electrons. The first-order valence-electron chi connectivity index (χ1n) is 8.24. The van der Waals surface area contributed by atoms with Crippen molar-refractivity contribution < 1.29 is 14.4 Å². The highest BCUT2D eigenvalue weighted by molar-refractivity contribution is 6.00. The first kappa shape index (κ1) is 18.0. The second-order valence-corrected chi connectivity index (χ2v) is 6.82. The number of nitrogens with one attached hydrogen (secondary N) is 2. The monoisotopic (exact) mass is 331 g/mol. The molecule has 2 N–H and O–H groups in total. The van der Waals surface area contributed by atoms with Crippen LogP contribution in [0.4, 0.5) is 11.4 Å². The molecular weight excluding hydrogens is 306 g/mol. The standard InChI is InChI=1S/C18H25N3O3/c1-11-5-12(2)10-21(9-11)18(24)15-6-16(19-13(3)22)8-17(7-15)20-14(4)23/h6-8,11-12H,5,9-10H2,1-4H3,(H,19,22)(H,20,23). The van der Waals surface area contributed by atoms with Crippen molar-refractivity contribution in [2.45, 2.75) is 34.1 Å². The van der Waals surface area contributed by atoms with E-state index < -0.39 is 0 Å². The van der Waals surface area contributed by atoms with Gasteiger partial charge in [-0.15, -0.1) is 0 Å². The van der Waals surface area contributed by atoms with Crippen molar-refractivity contribution in [1.29, 1.82) is 0 Å². The first-order chi connectivity index (χ1) is 11.2. The summed E-state index contributed by atoms with van der Waals surface area (Å²) >= 11 is 0. The van der Waals surface area contributed by atoms with Crippen molar-refractivity contribution >= 4 is 29.1 Å². The Kier molecular flexibility index (Phi) is 5.59. The van der Waals surface area contributed by atoms with Gasteiger partial charge in [0.2, 0.25) is 11.8 Å². The van der Waals surface area contributed by atoms with Crippen LogP contribution < -0.4 is 10.6 Å². The third kappa shape index (κ3) is 4.81. The minimum absolute atomic E-state index is 0.0767. The lowest BCUT2D eigenvalue weighted by Gasteiger charge is -2.35. The Bertz CT molecular complexity index is 613. The summed E-state index contributed by atoms with van der Waals surface area (Å²) in [5, 5.41) is 5.35. The third-order valence-electron chi connectivity index (χ3n) is 3.98. The molecule has 24 heavy (non-hydrogen) atoms. The van der Waals surface area contributed by atoms with E-state index in [9.17, 15) is 14.4 Å². The van der Waals surface area contributed by atoms with Crippen molar-refractivity contribution in [3.05, 3.63) is 23.8 Å². The van der Waals surface area contributed by atoms with Gasteiger partial charge in [0.25, 0.3) is 5.91 Å². The van der Waals surface area contributed by atoms with Gasteiger partial charge < -0.3 is 15.5 Å². The molecule has 1 aliphatic rings. The second kappa shape index (κ2) is 7.47. The summed E-state index contributed by atoms with van der Waals surface area (Å²) in [4.78, 5) is 37.4. The zero-order valence-corrected chi connectivity index (χ0v) is 14.7. The molecule has 2 unspecified atom stereocenters. The number of likely N-dealkylation sites (tertiary alicyclic amines) is 1. The van der Waals surface area contributed by atoms with E-state index in [4.69, 9.17) is 0 Å². The molecule has 1 heterocycles. The Hall–Kier alpha value is -2.37. The van der Waals surface area contributed by atoms with Gasteiger partial charge in [0.05, 0.1) is 0 Å². The molecule has 0 saturated carbocycles. The van der Waals surface area contributed by atoms with E-state index in [-0.39, 0.29) is 17.7 Å². The van der Waals surface area contributed by atoms with Gasteiger partial charge in [0.1, 0.15) is 0 Å². The summed E-state index contributed by atoms with van der Waals surface area (Å²) in [7, 11) is 0. The van der Waals surface area contributed by atoms with Crippen LogP contribution in [-0.4, -0.2) is 35.7 Å². The predicted octanol–water partition coefficient (Wildman–Crippen LogP) is 2.72. The summed E-state index contributed by atoms with van der Waals surface area (Å²) in [6.45, 7) is 8.55. The van der Waals surface area contributed by atoms with Gasteiger partial charge in [-0.3, -0.25) is 14.4 Å². The van der Waals surface area contributed by atoms with Crippen LogP contribution in [0.25, 0.3) is 0 Å². The summed E-state index contributed by atoms with van der Waals surface area (Å²) < 4.78 is 0. The average Bonchev–Trinajstić information content (AvgIpc) is 2.43. The number of carbonyl (C=O) groups is 3. The minimum atomic E-state index is -0.228. The van der Waals surface area contributed by atoms with Gasteiger partial charge >= 0.3 is 0 Å². The lowest BCUT2D eigenvalue weighted by atomic mass is 9.91. The molecule has 130 valence electrons. The zero-order chi connectivity index (χ0) is 17.9. The number of amides is 3. The van der Waals surface area contributed by atoms with E-state index in [1.54, 1.807) is 18.2 Å². The zero-order valence-electron chi connectivity index (χ0n) is 14.7. The maximum Gasteiger partial charge on any atom is 0.254 e. The van der Waals surface area contributed by atoms with E-state index in [1.807, 2.05) is 4.90 Å². The van der Waals surface area contributed by atoms with Crippen LogP contribution >= 0.6 is 0 Å². The average molecular weight is 331 g/mol. The summed E-state index contributed by atoms with van der Waals surface area (Å²) in [5.41, 5.74) is 1.46. The highest BCUT2D eigenvalue weighted by Crippen LogP contribution is 2.25. The number of rotatable bonds is 3. The van der Waals surface area contributed by atoms with Crippen molar-refractivity contribution in [2.24, 2.45) is 11.8 Å². The van der Waals surface area contributed by atoms with Crippen LogP contribution in [0.5, 0.6) is 0 Å². The fourth-order valence-corrected chi connectivity index (χ4v) is 3.31. The quantitative estimate of drug-likeness (QED) is 0.894. The molecular formula is C18H25N3O3. The van der Waals surface area contributed by atoms with Crippen molar-refractivity contribution in [3.8, 4) is 0 Å². The third-order valence-corrected chi connectivity index (χ3v) is 3.98. The first-order valence-corrected chi connectivity index (χ1v) is 8.24. The lowest BCUT2D eigenvalue weighted by molar-refractivity contribution is -0.115. The Morgan fingerprint density at radius 3 is 1.79 bits per heavy atom. The van der Waals surface area contributed by atoms with E-state index in [0.717, 1.165) is 19.5 Å². The second-order valence-electron chi connectivity index (χ2n) is 6.82. The Balaban J connectivity index is 2.30. The van der Waals surface area contributed by atoms with Crippen molar-refractivity contribution in [3.63, 3.8) is 0 Å². The van der Waals surface area contributed by atoms with Gasteiger partial charge in [0.15, 0.2) is 0 Å². The number of piperidine rings is 1.